The monoisotopic (exact) mass is 417 g/mol. The lowest BCUT2D eigenvalue weighted by Crippen LogP contribution is -2.51. The molecule has 1 N–H and O–H groups in total. The van der Waals surface area contributed by atoms with Crippen molar-refractivity contribution in [2.75, 3.05) is 26.2 Å². The van der Waals surface area contributed by atoms with E-state index < -0.39 is 11.7 Å². The Morgan fingerprint density at radius 1 is 1.00 bits per heavy atom. The summed E-state index contributed by atoms with van der Waals surface area (Å²) < 4.78 is 38.9. The van der Waals surface area contributed by atoms with E-state index in [0.717, 1.165) is 24.5 Å². The lowest BCUT2D eigenvalue weighted by molar-refractivity contribution is -0.137. The maximum Gasteiger partial charge on any atom is 0.416 e. The number of hydrogen-bond acceptors (Lipinski definition) is 3. The molecule has 4 rings (SSSR count). The second-order valence-electron chi connectivity index (χ2n) is 8.11. The molecular weight excluding hydrogens is 391 g/mol. The zero-order valence-corrected chi connectivity index (χ0v) is 16.7. The second-order valence-corrected chi connectivity index (χ2v) is 8.11. The lowest BCUT2D eigenvalue weighted by Gasteiger charge is -2.39. The standard InChI is InChI=1S/C23H26F3N3O/c24-23(25,26)19-8-4-5-17(15-19)16-28-11-13-29(14-12-28)21(18-6-2-1-3-7-18)22(30)27-20-9-10-20/h1-8,15,20-21H,9-14,16H2,(H,27,30)/t21-/m1/s1. The Hall–Kier alpha value is -2.38. The Kier molecular flexibility index (Phi) is 6.11. The van der Waals surface area contributed by atoms with Crippen molar-refractivity contribution in [3.8, 4) is 0 Å². The van der Waals surface area contributed by atoms with Gasteiger partial charge in [-0.25, -0.2) is 0 Å². The first-order valence-electron chi connectivity index (χ1n) is 10.4. The number of rotatable bonds is 6. The average molecular weight is 417 g/mol. The van der Waals surface area contributed by atoms with Gasteiger partial charge in [0.25, 0.3) is 0 Å². The lowest BCUT2D eigenvalue weighted by atomic mass is 10.0. The molecule has 1 amide bonds. The van der Waals surface area contributed by atoms with Crippen molar-refractivity contribution in [2.45, 2.75) is 37.6 Å². The number of alkyl halides is 3. The van der Waals surface area contributed by atoms with Gasteiger partial charge in [0.05, 0.1) is 5.56 Å². The van der Waals surface area contributed by atoms with Crippen LogP contribution in [0, 0.1) is 0 Å². The van der Waals surface area contributed by atoms with Gasteiger partial charge < -0.3 is 5.32 Å². The normalized spacial score (nSPS) is 19.4. The quantitative estimate of drug-likeness (QED) is 0.776. The summed E-state index contributed by atoms with van der Waals surface area (Å²) in [6, 6.07) is 15.3. The van der Waals surface area contributed by atoms with Crippen molar-refractivity contribution in [1.82, 2.24) is 15.1 Å². The minimum absolute atomic E-state index is 0.0371. The molecule has 1 atom stereocenters. The molecule has 2 aliphatic rings. The summed E-state index contributed by atoms with van der Waals surface area (Å²) in [7, 11) is 0. The van der Waals surface area contributed by atoms with Crippen LogP contribution in [0.5, 0.6) is 0 Å². The molecule has 0 radical (unpaired) electrons. The van der Waals surface area contributed by atoms with E-state index >= 15 is 0 Å². The predicted octanol–water partition coefficient (Wildman–Crippen LogP) is 3.84. The number of carbonyl (C=O) groups excluding carboxylic acids is 1. The van der Waals surface area contributed by atoms with Crippen LogP contribution in [0.25, 0.3) is 0 Å². The summed E-state index contributed by atoms with van der Waals surface area (Å²) >= 11 is 0. The van der Waals surface area contributed by atoms with Gasteiger partial charge in [-0.3, -0.25) is 14.6 Å². The molecule has 2 fully saturated rings. The molecule has 1 heterocycles. The molecule has 4 nitrogen and oxygen atoms in total. The number of nitrogens with zero attached hydrogens (tertiary/aromatic N) is 2. The van der Waals surface area contributed by atoms with Gasteiger partial charge in [0.1, 0.15) is 6.04 Å². The van der Waals surface area contributed by atoms with Crippen LogP contribution in [0.2, 0.25) is 0 Å². The zero-order chi connectivity index (χ0) is 21.1. The Morgan fingerprint density at radius 2 is 1.70 bits per heavy atom. The molecule has 1 saturated heterocycles. The summed E-state index contributed by atoms with van der Waals surface area (Å²) in [6.07, 6.45) is -2.25. The van der Waals surface area contributed by atoms with Crippen molar-refractivity contribution >= 4 is 5.91 Å². The topological polar surface area (TPSA) is 35.6 Å². The van der Waals surface area contributed by atoms with E-state index in [4.69, 9.17) is 0 Å². The first-order valence-corrected chi connectivity index (χ1v) is 10.4. The highest BCUT2D eigenvalue weighted by molar-refractivity contribution is 5.83. The van der Waals surface area contributed by atoms with Gasteiger partial charge in [-0.2, -0.15) is 13.2 Å². The zero-order valence-electron chi connectivity index (χ0n) is 16.7. The number of nitrogens with one attached hydrogen (secondary N) is 1. The van der Waals surface area contributed by atoms with Crippen LogP contribution in [0.4, 0.5) is 13.2 Å². The van der Waals surface area contributed by atoms with Crippen LogP contribution in [0.3, 0.4) is 0 Å². The minimum Gasteiger partial charge on any atom is -0.352 e. The van der Waals surface area contributed by atoms with Gasteiger partial charge in [-0.05, 0) is 30.0 Å². The van der Waals surface area contributed by atoms with Crippen LogP contribution in [-0.2, 0) is 17.5 Å². The Balaban J connectivity index is 1.40. The maximum absolute atomic E-state index is 13.0. The summed E-state index contributed by atoms with van der Waals surface area (Å²) in [4.78, 5) is 17.2. The summed E-state index contributed by atoms with van der Waals surface area (Å²) in [6.45, 7) is 3.27. The van der Waals surface area contributed by atoms with Crippen LogP contribution < -0.4 is 5.32 Å². The van der Waals surface area contributed by atoms with Gasteiger partial charge >= 0.3 is 6.18 Å². The average Bonchev–Trinajstić information content (AvgIpc) is 3.54. The van der Waals surface area contributed by atoms with Crippen LogP contribution in [0.1, 0.15) is 35.6 Å². The number of hydrogen-bond donors (Lipinski definition) is 1. The SMILES string of the molecule is O=C(NC1CC1)[C@@H](c1ccccc1)N1CCN(Cc2cccc(C(F)(F)F)c2)CC1. The summed E-state index contributed by atoms with van der Waals surface area (Å²) in [5.74, 6) is 0.0371. The fraction of sp³-hybridized carbons (Fsp3) is 0.435. The summed E-state index contributed by atoms with van der Waals surface area (Å²) in [5, 5.41) is 3.12. The third-order valence-electron chi connectivity index (χ3n) is 5.72. The third-order valence-corrected chi connectivity index (χ3v) is 5.72. The van der Waals surface area contributed by atoms with Crippen LogP contribution in [0.15, 0.2) is 54.6 Å². The third kappa shape index (κ3) is 5.21. The first kappa shape index (κ1) is 20.9. The van der Waals surface area contributed by atoms with Crippen LogP contribution in [-0.4, -0.2) is 47.9 Å². The molecule has 1 saturated carbocycles. The molecule has 1 aliphatic heterocycles. The first-order chi connectivity index (χ1) is 14.4. The van der Waals surface area contributed by atoms with Crippen LogP contribution >= 0.6 is 0 Å². The van der Waals surface area contributed by atoms with Crippen molar-refractivity contribution in [1.29, 1.82) is 0 Å². The largest absolute Gasteiger partial charge is 0.416 e. The maximum atomic E-state index is 13.0. The smallest absolute Gasteiger partial charge is 0.352 e. The molecule has 160 valence electrons. The molecule has 2 aromatic carbocycles. The van der Waals surface area contributed by atoms with Crippen molar-refractivity contribution < 1.29 is 18.0 Å². The number of halogens is 3. The molecule has 0 spiro atoms. The van der Waals surface area contributed by atoms with Gasteiger partial charge in [-0.15, -0.1) is 0 Å². The van der Waals surface area contributed by atoms with E-state index in [1.807, 2.05) is 30.3 Å². The van der Waals surface area contributed by atoms with Gasteiger partial charge in [0.2, 0.25) is 5.91 Å². The number of carbonyl (C=O) groups is 1. The molecule has 2 aromatic rings. The highest BCUT2D eigenvalue weighted by Gasteiger charge is 2.34. The van der Waals surface area contributed by atoms with E-state index in [9.17, 15) is 18.0 Å². The summed E-state index contributed by atoms with van der Waals surface area (Å²) in [5.41, 5.74) is 1.02. The Labute approximate surface area is 174 Å². The van der Waals surface area contributed by atoms with E-state index in [1.54, 1.807) is 6.07 Å². The van der Waals surface area contributed by atoms with Gasteiger partial charge in [0, 0.05) is 38.8 Å². The van der Waals surface area contributed by atoms with Gasteiger partial charge in [0.15, 0.2) is 0 Å². The predicted molar refractivity (Wildman–Crippen MR) is 109 cm³/mol. The van der Waals surface area contributed by atoms with Crippen molar-refractivity contribution in [3.63, 3.8) is 0 Å². The highest BCUT2D eigenvalue weighted by Crippen LogP contribution is 2.30. The van der Waals surface area contributed by atoms with E-state index in [1.165, 1.54) is 12.1 Å². The number of piperazine rings is 1. The van der Waals surface area contributed by atoms with E-state index in [0.29, 0.717) is 44.3 Å². The van der Waals surface area contributed by atoms with E-state index in [-0.39, 0.29) is 11.9 Å². The molecule has 7 heteroatoms. The molecule has 1 aliphatic carbocycles. The number of benzene rings is 2. The molecule has 0 bridgehead atoms. The van der Waals surface area contributed by atoms with Crippen molar-refractivity contribution in [3.05, 3.63) is 71.3 Å². The fourth-order valence-electron chi connectivity index (χ4n) is 3.95. The van der Waals surface area contributed by atoms with Gasteiger partial charge in [-0.1, -0.05) is 48.5 Å². The highest BCUT2D eigenvalue weighted by atomic mass is 19.4. The van der Waals surface area contributed by atoms with E-state index in [2.05, 4.69) is 15.1 Å². The molecular formula is C23H26F3N3O. The Bertz CT molecular complexity index is 859. The van der Waals surface area contributed by atoms with Crippen molar-refractivity contribution in [2.24, 2.45) is 0 Å². The molecule has 0 unspecified atom stereocenters. The second kappa shape index (κ2) is 8.78. The molecule has 30 heavy (non-hydrogen) atoms. The Morgan fingerprint density at radius 3 is 2.33 bits per heavy atom. The minimum atomic E-state index is -4.33. The number of amides is 1. The fourth-order valence-corrected chi connectivity index (χ4v) is 3.95. The molecule has 0 aromatic heterocycles.